The van der Waals surface area contributed by atoms with Crippen molar-refractivity contribution in [2.24, 2.45) is 11.8 Å². The van der Waals surface area contributed by atoms with Crippen molar-refractivity contribution in [2.45, 2.75) is 52.5 Å². The molecule has 1 saturated heterocycles. The first-order valence-corrected chi connectivity index (χ1v) is 9.36. The van der Waals surface area contributed by atoms with Crippen LogP contribution >= 0.6 is 0 Å². The Morgan fingerprint density at radius 2 is 1.92 bits per heavy atom. The number of rotatable bonds is 7. The lowest BCUT2D eigenvalue weighted by Gasteiger charge is -2.31. The standard InChI is InChI=1S/C20H28FN3O/c1-15(2)3-8-19-22-20(25-23-19)14-24-11-9-17(10-12-24)13-16-4-6-18(21)7-5-16/h4-7,15,17H,3,8-14H2,1-2H3. The molecule has 25 heavy (non-hydrogen) atoms. The minimum Gasteiger partial charge on any atom is -0.338 e. The molecule has 0 unspecified atom stereocenters. The van der Waals surface area contributed by atoms with Crippen molar-refractivity contribution in [2.75, 3.05) is 13.1 Å². The lowest BCUT2D eigenvalue weighted by molar-refractivity contribution is 0.159. The molecule has 1 aliphatic rings. The predicted molar refractivity (Wildman–Crippen MR) is 95.6 cm³/mol. The van der Waals surface area contributed by atoms with Crippen molar-refractivity contribution < 1.29 is 8.91 Å². The SMILES string of the molecule is CC(C)CCc1noc(CN2CCC(Cc3ccc(F)cc3)CC2)n1. The Morgan fingerprint density at radius 1 is 1.20 bits per heavy atom. The second kappa shape index (κ2) is 8.56. The molecule has 4 nitrogen and oxygen atoms in total. The number of likely N-dealkylation sites (tertiary alicyclic amines) is 1. The fourth-order valence-electron chi connectivity index (χ4n) is 3.37. The summed E-state index contributed by atoms with van der Waals surface area (Å²) in [5.41, 5.74) is 1.23. The van der Waals surface area contributed by atoms with Crippen LogP contribution in [0.1, 0.15) is 50.4 Å². The second-order valence-electron chi connectivity index (χ2n) is 7.59. The van der Waals surface area contributed by atoms with Crippen LogP contribution in [0.5, 0.6) is 0 Å². The average Bonchev–Trinajstić information content (AvgIpc) is 3.04. The highest BCUT2D eigenvalue weighted by atomic mass is 19.1. The van der Waals surface area contributed by atoms with E-state index in [-0.39, 0.29) is 5.82 Å². The highest BCUT2D eigenvalue weighted by molar-refractivity contribution is 5.16. The van der Waals surface area contributed by atoms with Gasteiger partial charge >= 0.3 is 0 Å². The number of benzene rings is 1. The van der Waals surface area contributed by atoms with Gasteiger partial charge in [-0.25, -0.2) is 4.39 Å². The monoisotopic (exact) mass is 345 g/mol. The average molecular weight is 345 g/mol. The number of aromatic nitrogens is 2. The van der Waals surface area contributed by atoms with Gasteiger partial charge in [0.05, 0.1) is 6.54 Å². The summed E-state index contributed by atoms with van der Waals surface area (Å²) in [6.45, 7) is 7.26. The van der Waals surface area contributed by atoms with Crippen molar-refractivity contribution in [1.82, 2.24) is 15.0 Å². The van der Waals surface area contributed by atoms with Crippen molar-refractivity contribution in [3.8, 4) is 0 Å². The van der Waals surface area contributed by atoms with Crippen LogP contribution in [0, 0.1) is 17.7 Å². The lowest BCUT2D eigenvalue weighted by atomic mass is 9.90. The molecule has 136 valence electrons. The van der Waals surface area contributed by atoms with E-state index in [1.54, 1.807) is 12.1 Å². The molecule has 1 aromatic heterocycles. The van der Waals surface area contributed by atoms with E-state index >= 15 is 0 Å². The Bertz CT molecular complexity index is 645. The molecule has 2 aromatic rings. The minimum absolute atomic E-state index is 0.161. The predicted octanol–water partition coefficient (Wildman–Crippen LogP) is 4.25. The minimum atomic E-state index is -0.161. The first-order valence-electron chi connectivity index (χ1n) is 9.36. The molecule has 0 amide bonds. The maximum Gasteiger partial charge on any atom is 0.240 e. The van der Waals surface area contributed by atoms with Gasteiger partial charge in [0, 0.05) is 6.42 Å². The third-order valence-corrected chi connectivity index (χ3v) is 4.96. The number of hydrogen-bond acceptors (Lipinski definition) is 4. The van der Waals surface area contributed by atoms with Crippen LogP contribution in [0.3, 0.4) is 0 Å². The zero-order valence-corrected chi connectivity index (χ0v) is 15.2. The highest BCUT2D eigenvalue weighted by Crippen LogP contribution is 2.23. The van der Waals surface area contributed by atoms with Crippen LogP contribution in [0.25, 0.3) is 0 Å². The maximum atomic E-state index is 13.0. The summed E-state index contributed by atoms with van der Waals surface area (Å²) in [6.07, 6.45) is 5.33. The zero-order chi connectivity index (χ0) is 17.6. The number of piperidine rings is 1. The van der Waals surface area contributed by atoms with E-state index in [4.69, 9.17) is 4.52 Å². The largest absolute Gasteiger partial charge is 0.338 e. The maximum absolute atomic E-state index is 13.0. The third-order valence-electron chi connectivity index (χ3n) is 4.96. The first-order chi connectivity index (χ1) is 12.1. The quantitative estimate of drug-likeness (QED) is 0.752. The molecule has 0 N–H and O–H groups in total. The summed E-state index contributed by atoms with van der Waals surface area (Å²) in [4.78, 5) is 6.91. The molecule has 0 aliphatic carbocycles. The van der Waals surface area contributed by atoms with Crippen molar-refractivity contribution in [3.05, 3.63) is 47.4 Å². The second-order valence-corrected chi connectivity index (χ2v) is 7.59. The van der Waals surface area contributed by atoms with Gasteiger partial charge in [-0.1, -0.05) is 31.1 Å². The van der Waals surface area contributed by atoms with E-state index in [9.17, 15) is 4.39 Å². The summed E-state index contributed by atoms with van der Waals surface area (Å²) in [5, 5.41) is 4.09. The first kappa shape index (κ1) is 18.1. The molecule has 0 atom stereocenters. The molecule has 0 radical (unpaired) electrons. The van der Waals surface area contributed by atoms with Gasteiger partial charge in [-0.2, -0.15) is 4.98 Å². The van der Waals surface area contributed by atoms with Crippen molar-refractivity contribution in [3.63, 3.8) is 0 Å². The van der Waals surface area contributed by atoms with E-state index in [2.05, 4.69) is 28.9 Å². The van der Waals surface area contributed by atoms with Crippen molar-refractivity contribution in [1.29, 1.82) is 0 Å². The molecule has 1 aromatic carbocycles. The van der Waals surface area contributed by atoms with Crippen molar-refractivity contribution >= 4 is 0 Å². The zero-order valence-electron chi connectivity index (χ0n) is 15.2. The Balaban J connectivity index is 1.42. The van der Waals surface area contributed by atoms with Gasteiger partial charge in [0.1, 0.15) is 5.82 Å². The number of halogens is 1. The number of nitrogens with zero attached hydrogens (tertiary/aromatic N) is 3. The van der Waals surface area contributed by atoms with Crippen LogP contribution in [0.2, 0.25) is 0 Å². The van der Waals surface area contributed by atoms with Crippen LogP contribution in [0.15, 0.2) is 28.8 Å². The Kier molecular flexibility index (Phi) is 6.19. The highest BCUT2D eigenvalue weighted by Gasteiger charge is 2.21. The molecule has 0 saturated carbocycles. The summed E-state index contributed by atoms with van der Waals surface area (Å²) in [6, 6.07) is 6.91. The van der Waals surface area contributed by atoms with E-state index in [0.717, 1.165) is 63.5 Å². The fourth-order valence-corrected chi connectivity index (χ4v) is 3.37. The molecule has 2 heterocycles. The summed E-state index contributed by atoms with van der Waals surface area (Å²) in [7, 11) is 0. The smallest absolute Gasteiger partial charge is 0.240 e. The molecular formula is C20H28FN3O. The summed E-state index contributed by atoms with van der Waals surface area (Å²) < 4.78 is 18.4. The van der Waals surface area contributed by atoms with Gasteiger partial charge in [-0.05, 0) is 68.3 Å². The van der Waals surface area contributed by atoms with Crippen LogP contribution in [0.4, 0.5) is 4.39 Å². The number of hydrogen-bond donors (Lipinski definition) is 0. The molecule has 0 bridgehead atoms. The molecule has 1 aliphatic heterocycles. The Labute approximate surface area is 149 Å². The Hall–Kier alpha value is -1.75. The van der Waals surface area contributed by atoms with E-state index < -0.39 is 0 Å². The van der Waals surface area contributed by atoms with Crippen LogP contribution in [-0.4, -0.2) is 28.1 Å². The fraction of sp³-hybridized carbons (Fsp3) is 0.600. The summed E-state index contributed by atoms with van der Waals surface area (Å²) >= 11 is 0. The van der Waals surface area contributed by atoms with Gasteiger partial charge in [0.25, 0.3) is 0 Å². The molecular weight excluding hydrogens is 317 g/mol. The lowest BCUT2D eigenvalue weighted by Crippen LogP contribution is -2.34. The molecule has 3 rings (SSSR count). The third kappa shape index (κ3) is 5.63. The van der Waals surface area contributed by atoms with E-state index in [0.29, 0.717) is 11.8 Å². The summed E-state index contributed by atoms with van der Waals surface area (Å²) in [5.74, 6) is 2.73. The topological polar surface area (TPSA) is 42.2 Å². The molecule has 5 heteroatoms. The molecule has 0 spiro atoms. The van der Waals surface area contributed by atoms with Crippen LogP contribution < -0.4 is 0 Å². The van der Waals surface area contributed by atoms with Gasteiger partial charge in [0.15, 0.2) is 5.82 Å². The van der Waals surface area contributed by atoms with Gasteiger partial charge in [-0.3, -0.25) is 4.90 Å². The normalized spacial score (nSPS) is 16.6. The van der Waals surface area contributed by atoms with Crippen LogP contribution in [-0.2, 0) is 19.4 Å². The Morgan fingerprint density at radius 3 is 2.60 bits per heavy atom. The molecule has 1 fully saturated rings. The van der Waals surface area contributed by atoms with E-state index in [1.165, 1.54) is 5.56 Å². The van der Waals surface area contributed by atoms with E-state index in [1.807, 2.05) is 12.1 Å². The van der Waals surface area contributed by atoms with Gasteiger partial charge in [-0.15, -0.1) is 0 Å². The van der Waals surface area contributed by atoms with Gasteiger partial charge in [0.2, 0.25) is 5.89 Å². The number of aryl methyl sites for hydroxylation is 1. The van der Waals surface area contributed by atoms with Gasteiger partial charge < -0.3 is 4.52 Å².